The number of likely N-dealkylation sites (tertiary alicyclic amines) is 2. The van der Waals surface area contributed by atoms with E-state index in [4.69, 9.17) is 22.1 Å². The first-order valence-corrected chi connectivity index (χ1v) is 11.0. The Labute approximate surface area is 183 Å². The molecule has 166 valence electrons. The number of carbonyl (C=O) groups excluding carboxylic acids is 2. The number of halogens is 1. The van der Waals surface area contributed by atoms with Gasteiger partial charge in [0, 0.05) is 30.6 Å². The Balaban J connectivity index is 1.52. The lowest BCUT2D eigenvalue weighted by atomic mass is 9.93. The van der Waals surface area contributed by atoms with Crippen LogP contribution in [0.1, 0.15) is 36.8 Å². The van der Waals surface area contributed by atoms with Gasteiger partial charge in [-0.2, -0.15) is 0 Å². The fraction of sp³-hybridized carbons (Fsp3) is 0.636. The number of hydrogen-bond acceptors (Lipinski definition) is 5. The van der Waals surface area contributed by atoms with Crippen LogP contribution in [0.25, 0.3) is 0 Å². The number of amides is 2. The third-order valence-electron chi connectivity index (χ3n) is 6.16. The van der Waals surface area contributed by atoms with Crippen LogP contribution in [0.4, 0.5) is 0 Å². The summed E-state index contributed by atoms with van der Waals surface area (Å²) in [6.07, 6.45) is 2.68. The van der Waals surface area contributed by atoms with Crippen LogP contribution in [0.2, 0.25) is 5.02 Å². The SMILES string of the molecule is Cc1cc(OCC2(O)CCCN(CC(=O)N3CCC(C(N)=O)CC3)C2)cc(C)c1Cl. The molecule has 1 aromatic rings. The summed E-state index contributed by atoms with van der Waals surface area (Å²) < 4.78 is 5.89. The molecule has 0 aliphatic carbocycles. The molecule has 1 unspecified atom stereocenters. The number of carbonyl (C=O) groups is 2. The van der Waals surface area contributed by atoms with Crippen LogP contribution >= 0.6 is 11.6 Å². The van der Waals surface area contributed by atoms with E-state index in [1.807, 2.05) is 30.9 Å². The summed E-state index contributed by atoms with van der Waals surface area (Å²) in [6, 6.07) is 3.75. The number of ether oxygens (including phenoxy) is 1. The molecule has 2 aliphatic rings. The van der Waals surface area contributed by atoms with Crippen molar-refractivity contribution in [2.75, 3.05) is 39.3 Å². The van der Waals surface area contributed by atoms with Crippen molar-refractivity contribution >= 4 is 23.4 Å². The molecule has 3 N–H and O–H groups in total. The van der Waals surface area contributed by atoms with Crippen LogP contribution < -0.4 is 10.5 Å². The van der Waals surface area contributed by atoms with Crippen LogP contribution in [0.3, 0.4) is 0 Å². The molecular formula is C22H32ClN3O4. The van der Waals surface area contributed by atoms with Crippen LogP contribution in [0.5, 0.6) is 5.75 Å². The van der Waals surface area contributed by atoms with Gasteiger partial charge in [-0.3, -0.25) is 14.5 Å². The van der Waals surface area contributed by atoms with Crippen molar-refractivity contribution in [1.29, 1.82) is 0 Å². The van der Waals surface area contributed by atoms with Crippen molar-refractivity contribution in [1.82, 2.24) is 9.80 Å². The minimum atomic E-state index is -1.00. The van der Waals surface area contributed by atoms with Gasteiger partial charge >= 0.3 is 0 Å². The van der Waals surface area contributed by atoms with E-state index >= 15 is 0 Å². The number of hydrogen-bond donors (Lipinski definition) is 2. The van der Waals surface area contributed by atoms with E-state index in [0.717, 1.165) is 29.1 Å². The molecule has 0 radical (unpaired) electrons. The summed E-state index contributed by atoms with van der Waals surface area (Å²) >= 11 is 6.21. The van der Waals surface area contributed by atoms with Gasteiger partial charge in [0.25, 0.3) is 0 Å². The number of β-amino-alcohol motifs (C(OH)–C–C–N with tert-alkyl or cyclic N) is 1. The monoisotopic (exact) mass is 437 g/mol. The molecule has 8 heteroatoms. The Morgan fingerprint density at radius 2 is 1.87 bits per heavy atom. The smallest absolute Gasteiger partial charge is 0.236 e. The van der Waals surface area contributed by atoms with E-state index in [9.17, 15) is 14.7 Å². The van der Waals surface area contributed by atoms with E-state index in [1.54, 1.807) is 4.90 Å². The quantitative estimate of drug-likeness (QED) is 0.708. The Hall–Kier alpha value is -1.83. The summed E-state index contributed by atoms with van der Waals surface area (Å²) in [4.78, 5) is 27.8. The molecule has 2 heterocycles. The maximum Gasteiger partial charge on any atom is 0.236 e. The highest BCUT2D eigenvalue weighted by atomic mass is 35.5. The lowest BCUT2D eigenvalue weighted by Gasteiger charge is -2.40. The first-order valence-electron chi connectivity index (χ1n) is 10.6. The normalized spacial score (nSPS) is 23.4. The number of aliphatic hydroxyl groups is 1. The number of aryl methyl sites for hydroxylation is 2. The van der Waals surface area contributed by atoms with Crippen LogP contribution in [0, 0.1) is 19.8 Å². The second kappa shape index (κ2) is 9.54. The minimum Gasteiger partial charge on any atom is -0.491 e. The molecule has 2 amide bonds. The van der Waals surface area contributed by atoms with Crippen LogP contribution in [-0.4, -0.2) is 71.7 Å². The fourth-order valence-corrected chi connectivity index (χ4v) is 4.48. The maximum absolute atomic E-state index is 12.7. The highest BCUT2D eigenvalue weighted by Gasteiger charge is 2.36. The number of nitrogens with two attached hydrogens (primary N) is 1. The van der Waals surface area contributed by atoms with Crippen molar-refractivity contribution in [3.8, 4) is 5.75 Å². The summed E-state index contributed by atoms with van der Waals surface area (Å²) in [6.45, 7) is 6.57. The molecule has 0 bridgehead atoms. The molecule has 0 aromatic heterocycles. The molecule has 30 heavy (non-hydrogen) atoms. The average Bonchev–Trinajstić information content (AvgIpc) is 2.70. The summed E-state index contributed by atoms with van der Waals surface area (Å²) in [7, 11) is 0. The van der Waals surface area contributed by atoms with Gasteiger partial charge in [0.05, 0.1) is 6.54 Å². The highest BCUT2D eigenvalue weighted by molar-refractivity contribution is 6.32. The lowest BCUT2D eigenvalue weighted by molar-refractivity contribution is -0.137. The molecule has 2 aliphatic heterocycles. The molecular weight excluding hydrogens is 406 g/mol. The molecule has 7 nitrogen and oxygen atoms in total. The van der Waals surface area contributed by atoms with Crippen molar-refractivity contribution in [3.63, 3.8) is 0 Å². The molecule has 1 atom stereocenters. The first kappa shape index (κ1) is 22.8. The molecule has 2 saturated heterocycles. The van der Waals surface area contributed by atoms with Crippen molar-refractivity contribution in [2.24, 2.45) is 11.7 Å². The molecule has 1 aromatic carbocycles. The van der Waals surface area contributed by atoms with E-state index in [2.05, 4.69) is 0 Å². The largest absolute Gasteiger partial charge is 0.491 e. The topological polar surface area (TPSA) is 96.1 Å². The zero-order valence-electron chi connectivity index (χ0n) is 17.8. The molecule has 2 fully saturated rings. The summed E-state index contributed by atoms with van der Waals surface area (Å²) in [5.74, 6) is 0.307. The number of primary amides is 1. The number of benzene rings is 1. The Bertz CT molecular complexity index is 772. The zero-order chi connectivity index (χ0) is 21.9. The molecule has 3 rings (SSSR count). The number of nitrogens with zero attached hydrogens (tertiary/aromatic N) is 2. The maximum atomic E-state index is 12.7. The van der Waals surface area contributed by atoms with Crippen molar-refractivity contribution in [3.05, 3.63) is 28.3 Å². The minimum absolute atomic E-state index is 0.0343. The molecule has 0 saturated carbocycles. The van der Waals surface area contributed by atoms with Crippen LogP contribution in [-0.2, 0) is 9.59 Å². The predicted molar refractivity (Wildman–Crippen MR) is 116 cm³/mol. The van der Waals surface area contributed by atoms with Gasteiger partial charge in [-0.1, -0.05) is 11.6 Å². The van der Waals surface area contributed by atoms with E-state index in [1.165, 1.54) is 0 Å². The highest BCUT2D eigenvalue weighted by Crippen LogP contribution is 2.28. The van der Waals surface area contributed by atoms with E-state index in [-0.39, 0.29) is 30.9 Å². The first-order chi connectivity index (χ1) is 14.2. The van der Waals surface area contributed by atoms with Gasteiger partial charge in [-0.25, -0.2) is 0 Å². The van der Waals surface area contributed by atoms with Gasteiger partial charge in [-0.05, 0) is 69.3 Å². The second-order valence-corrected chi connectivity index (χ2v) is 9.13. The van der Waals surface area contributed by atoms with E-state index < -0.39 is 5.60 Å². The van der Waals surface area contributed by atoms with Crippen LogP contribution in [0.15, 0.2) is 12.1 Å². The Morgan fingerprint density at radius 3 is 2.47 bits per heavy atom. The molecule has 0 spiro atoms. The lowest BCUT2D eigenvalue weighted by Crippen LogP contribution is -2.54. The third-order valence-corrected chi connectivity index (χ3v) is 6.76. The standard InChI is InChI=1S/C22H32ClN3O4/c1-15-10-18(11-16(2)20(15)23)30-14-22(29)6-3-7-25(13-22)12-19(27)26-8-4-17(5-9-26)21(24)28/h10-11,17,29H,3-9,12-14H2,1-2H3,(H2,24,28). The Morgan fingerprint density at radius 1 is 1.23 bits per heavy atom. The number of rotatable bonds is 6. The van der Waals surface area contributed by atoms with Gasteiger partial charge < -0.3 is 20.5 Å². The van der Waals surface area contributed by atoms with Gasteiger partial charge in [-0.15, -0.1) is 0 Å². The zero-order valence-corrected chi connectivity index (χ0v) is 18.6. The predicted octanol–water partition coefficient (Wildman–Crippen LogP) is 1.89. The number of piperidine rings is 2. The van der Waals surface area contributed by atoms with Crippen molar-refractivity contribution in [2.45, 2.75) is 45.1 Å². The van der Waals surface area contributed by atoms with Gasteiger partial charge in [0.2, 0.25) is 11.8 Å². The third kappa shape index (κ3) is 5.65. The Kier molecular flexibility index (Phi) is 7.26. The van der Waals surface area contributed by atoms with Gasteiger partial charge in [0.15, 0.2) is 0 Å². The van der Waals surface area contributed by atoms with Gasteiger partial charge in [0.1, 0.15) is 18.0 Å². The summed E-state index contributed by atoms with van der Waals surface area (Å²) in [5.41, 5.74) is 6.24. The van der Waals surface area contributed by atoms with E-state index in [0.29, 0.717) is 44.6 Å². The van der Waals surface area contributed by atoms with Crippen molar-refractivity contribution < 1.29 is 19.4 Å². The fourth-order valence-electron chi connectivity index (χ4n) is 4.37. The summed E-state index contributed by atoms with van der Waals surface area (Å²) in [5, 5.41) is 11.8. The average molecular weight is 438 g/mol. The second-order valence-electron chi connectivity index (χ2n) is 8.76.